The Labute approximate surface area is 65.2 Å². The quantitative estimate of drug-likeness (QED) is 0.457. The number of esters is 1. The predicted octanol–water partition coefficient (Wildman–Crippen LogP) is -0.0434. The summed E-state index contributed by atoms with van der Waals surface area (Å²) < 4.78 is 4.36. The summed E-state index contributed by atoms with van der Waals surface area (Å²) in [4.78, 5) is 10.6. The van der Waals surface area contributed by atoms with Gasteiger partial charge in [-0.3, -0.25) is 4.79 Å². The molecule has 0 aliphatic heterocycles. The highest BCUT2D eigenvalue weighted by molar-refractivity contribution is 5.75. The van der Waals surface area contributed by atoms with Crippen molar-refractivity contribution < 1.29 is 9.53 Å². The lowest BCUT2D eigenvalue weighted by molar-refractivity contribution is -0.142. The van der Waals surface area contributed by atoms with Crippen molar-refractivity contribution in [3.63, 3.8) is 0 Å². The van der Waals surface area contributed by atoms with Crippen molar-refractivity contribution in [3.8, 4) is 6.07 Å². The molecule has 0 aliphatic carbocycles. The number of nitriles is 1. The number of hydrogen-bond donors (Lipinski definition) is 1. The van der Waals surface area contributed by atoms with Crippen molar-refractivity contribution >= 4 is 5.97 Å². The molecule has 0 bridgehead atoms. The van der Waals surface area contributed by atoms with Crippen molar-refractivity contribution in [2.75, 3.05) is 7.11 Å². The van der Waals surface area contributed by atoms with Gasteiger partial charge in [0.15, 0.2) is 0 Å². The lowest BCUT2D eigenvalue weighted by Gasteiger charge is -2.04. The normalized spacial score (nSPS) is 12.5. The minimum Gasteiger partial charge on any atom is -0.468 e. The molecule has 0 aromatic rings. The van der Waals surface area contributed by atoms with Crippen LogP contribution in [0.3, 0.4) is 0 Å². The van der Waals surface area contributed by atoms with Crippen LogP contribution >= 0.6 is 0 Å². The maximum atomic E-state index is 10.6. The molecule has 2 N–H and O–H groups in total. The molecule has 4 heteroatoms. The van der Waals surface area contributed by atoms with E-state index in [9.17, 15) is 4.79 Å². The Balaban J connectivity index is 3.70. The zero-order valence-corrected chi connectivity index (χ0v) is 6.28. The number of hydrogen-bond acceptors (Lipinski definition) is 4. The van der Waals surface area contributed by atoms with Gasteiger partial charge < -0.3 is 10.5 Å². The van der Waals surface area contributed by atoms with Crippen LogP contribution in [0.1, 0.15) is 6.42 Å². The summed E-state index contributed by atoms with van der Waals surface area (Å²) in [5, 5.41) is 8.08. The molecule has 0 saturated heterocycles. The van der Waals surface area contributed by atoms with E-state index in [1.807, 2.05) is 0 Å². The van der Waals surface area contributed by atoms with Gasteiger partial charge in [-0.15, -0.1) is 0 Å². The van der Waals surface area contributed by atoms with Crippen LogP contribution in [0.4, 0.5) is 0 Å². The third kappa shape index (κ3) is 4.12. The molecule has 0 amide bonds. The van der Waals surface area contributed by atoms with Gasteiger partial charge in [0.1, 0.15) is 6.04 Å². The van der Waals surface area contributed by atoms with Crippen LogP contribution in [0, 0.1) is 11.3 Å². The van der Waals surface area contributed by atoms with Crippen molar-refractivity contribution in [3.05, 3.63) is 12.2 Å². The summed E-state index contributed by atoms with van der Waals surface area (Å²) >= 11 is 0. The Kier molecular flexibility index (Phi) is 4.78. The molecule has 11 heavy (non-hydrogen) atoms. The first-order valence-corrected chi connectivity index (χ1v) is 3.10. The van der Waals surface area contributed by atoms with Crippen LogP contribution in [0.25, 0.3) is 0 Å². The summed E-state index contributed by atoms with van der Waals surface area (Å²) in [7, 11) is 1.27. The first kappa shape index (κ1) is 9.66. The Hall–Kier alpha value is -1.34. The first-order valence-electron chi connectivity index (χ1n) is 3.10. The SMILES string of the molecule is COC(=O)C(N)C/C=C\C#N. The molecule has 0 aliphatic rings. The summed E-state index contributed by atoms with van der Waals surface area (Å²) in [5.41, 5.74) is 5.33. The minimum atomic E-state index is -0.662. The van der Waals surface area contributed by atoms with Crippen molar-refractivity contribution in [2.24, 2.45) is 5.73 Å². The maximum absolute atomic E-state index is 10.6. The number of rotatable bonds is 3. The molecule has 60 valence electrons. The zero-order valence-electron chi connectivity index (χ0n) is 6.28. The van der Waals surface area contributed by atoms with Gasteiger partial charge in [-0.25, -0.2) is 0 Å². The van der Waals surface area contributed by atoms with Gasteiger partial charge in [-0.05, 0) is 6.42 Å². The van der Waals surface area contributed by atoms with Crippen LogP contribution in [-0.2, 0) is 9.53 Å². The third-order valence-electron chi connectivity index (χ3n) is 1.09. The molecule has 0 rings (SSSR count). The number of nitrogens with zero attached hydrogens (tertiary/aromatic N) is 1. The molecule has 0 aromatic carbocycles. The van der Waals surface area contributed by atoms with Crippen molar-refractivity contribution in [1.29, 1.82) is 5.26 Å². The van der Waals surface area contributed by atoms with E-state index in [2.05, 4.69) is 4.74 Å². The van der Waals surface area contributed by atoms with Gasteiger partial charge in [0.25, 0.3) is 0 Å². The molecule has 1 unspecified atom stereocenters. The van der Waals surface area contributed by atoms with Crippen molar-refractivity contribution in [2.45, 2.75) is 12.5 Å². The predicted molar refractivity (Wildman–Crippen MR) is 39.4 cm³/mol. The van der Waals surface area contributed by atoms with E-state index in [1.54, 1.807) is 6.07 Å². The molecular weight excluding hydrogens is 144 g/mol. The van der Waals surface area contributed by atoms with Crippen LogP contribution in [0.15, 0.2) is 12.2 Å². The van der Waals surface area contributed by atoms with Crippen molar-refractivity contribution in [1.82, 2.24) is 0 Å². The first-order chi connectivity index (χ1) is 5.22. The van der Waals surface area contributed by atoms with E-state index >= 15 is 0 Å². The standard InChI is InChI=1S/C7H10N2O2/c1-11-7(10)6(9)4-2-3-5-8/h2-3,6H,4,9H2,1H3/b3-2-. The fourth-order valence-electron chi connectivity index (χ4n) is 0.515. The molecule has 0 saturated carbocycles. The van der Waals surface area contributed by atoms with E-state index in [0.29, 0.717) is 6.42 Å². The maximum Gasteiger partial charge on any atom is 0.322 e. The van der Waals surface area contributed by atoms with Gasteiger partial charge >= 0.3 is 5.97 Å². The van der Waals surface area contributed by atoms with Crippen LogP contribution < -0.4 is 5.73 Å². The summed E-state index contributed by atoms with van der Waals surface area (Å²) in [6, 6.07) is 1.13. The number of allylic oxidation sites excluding steroid dienone is 1. The lowest BCUT2D eigenvalue weighted by Crippen LogP contribution is -2.30. The Morgan fingerprint density at radius 2 is 2.55 bits per heavy atom. The summed E-state index contributed by atoms with van der Waals surface area (Å²) in [5.74, 6) is -0.465. The van der Waals surface area contributed by atoms with Crippen LogP contribution in [-0.4, -0.2) is 19.1 Å². The van der Waals surface area contributed by atoms with Gasteiger partial charge in [-0.2, -0.15) is 5.26 Å². The smallest absolute Gasteiger partial charge is 0.322 e. The molecule has 0 fully saturated rings. The highest BCUT2D eigenvalue weighted by Gasteiger charge is 2.10. The van der Waals surface area contributed by atoms with Gasteiger partial charge in [0.2, 0.25) is 0 Å². The van der Waals surface area contributed by atoms with Gasteiger partial charge in [-0.1, -0.05) is 6.08 Å². The number of carbonyl (C=O) groups is 1. The number of carbonyl (C=O) groups excluding carboxylic acids is 1. The fourth-order valence-corrected chi connectivity index (χ4v) is 0.515. The topological polar surface area (TPSA) is 76.1 Å². The molecule has 0 spiro atoms. The number of nitrogens with two attached hydrogens (primary N) is 1. The Morgan fingerprint density at radius 1 is 1.91 bits per heavy atom. The monoisotopic (exact) mass is 154 g/mol. The molecule has 0 aromatic heterocycles. The van der Waals surface area contributed by atoms with Gasteiger partial charge in [0, 0.05) is 6.08 Å². The second-order valence-electron chi connectivity index (χ2n) is 1.90. The molecule has 0 radical (unpaired) electrons. The highest BCUT2D eigenvalue weighted by Crippen LogP contribution is 1.91. The lowest BCUT2D eigenvalue weighted by atomic mass is 10.2. The van der Waals surface area contributed by atoms with Gasteiger partial charge in [0.05, 0.1) is 13.2 Å². The van der Waals surface area contributed by atoms with E-state index in [1.165, 1.54) is 19.3 Å². The van der Waals surface area contributed by atoms with Crippen LogP contribution in [0.5, 0.6) is 0 Å². The highest BCUT2D eigenvalue weighted by atomic mass is 16.5. The molecule has 0 heterocycles. The average Bonchev–Trinajstić information content (AvgIpc) is 2.03. The van der Waals surface area contributed by atoms with Crippen LogP contribution in [0.2, 0.25) is 0 Å². The molecular formula is C7H10N2O2. The summed E-state index contributed by atoms with van der Waals surface area (Å²) in [6.07, 6.45) is 3.14. The molecule has 4 nitrogen and oxygen atoms in total. The largest absolute Gasteiger partial charge is 0.468 e. The second-order valence-corrected chi connectivity index (χ2v) is 1.90. The second kappa shape index (κ2) is 5.45. The molecule has 1 atom stereocenters. The number of methoxy groups -OCH3 is 1. The minimum absolute atomic E-state index is 0.334. The van der Waals surface area contributed by atoms with E-state index in [4.69, 9.17) is 11.0 Å². The fraction of sp³-hybridized carbons (Fsp3) is 0.429. The summed E-state index contributed by atoms with van der Waals surface area (Å²) in [6.45, 7) is 0. The Bertz CT molecular complexity index is 193. The number of ether oxygens (including phenoxy) is 1. The van der Waals surface area contributed by atoms with E-state index in [-0.39, 0.29) is 0 Å². The van der Waals surface area contributed by atoms with E-state index in [0.717, 1.165) is 0 Å². The zero-order chi connectivity index (χ0) is 8.69. The average molecular weight is 154 g/mol. The Morgan fingerprint density at radius 3 is 3.00 bits per heavy atom. The van der Waals surface area contributed by atoms with E-state index < -0.39 is 12.0 Å². The third-order valence-corrected chi connectivity index (χ3v) is 1.09.